The largest absolute Gasteiger partial charge is 0.396 e. The first kappa shape index (κ1) is 17.7. The van der Waals surface area contributed by atoms with Crippen molar-refractivity contribution in [3.05, 3.63) is 6.92 Å². The Morgan fingerprint density at radius 2 is 1.55 bits per heavy atom. The third-order valence-corrected chi connectivity index (χ3v) is 1.12. The molecule has 0 aromatic carbocycles. The van der Waals surface area contributed by atoms with Crippen LogP contribution in [0.4, 0.5) is 0 Å². The van der Waals surface area contributed by atoms with Crippen molar-refractivity contribution < 1.29 is 27.5 Å². The fourth-order valence-electron chi connectivity index (χ4n) is 0.408. The van der Waals surface area contributed by atoms with Crippen LogP contribution in [0.3, 0.4) is 0 Å². The van der Waals surface area contributed by atoms with Crippen molar-refractivity contribution in [1.29, 1.82) is 0 Å². The molecule has 0 rings (SSSR count). The summed E-state index contributed by atoms with van der Waals surface area (Å²) in [4.78, 5) is 0. The number of aliphatic hydroxyl groups is 1. The third kappa shape index (κ3) is 36.7. The van der Waals surface area contributed by atoms with Gasteiger partial charge in [0.15, 0.2) is 0 Å². The van der Waals surface area contributed by atoms with Gasteiger partial charge >= 0.3 is 0 Å². The van der Waals surface area contributed by atoms with E-state index in [1.807, 2.05) is 0 Å². The van der Waals surface area contributed by atoms with Crippen LogP contribution in [0.2, 0.25) is 0 Å². The molecule has 0 saturated carbocycles. The van der Waals surface area contributed by atoms with E-state index in [1.165, 1.54) is 12.8 Å². The first-order valence-corrected chi connectivity index (χ1v) is 4.23. The molecule has 1 nitrogen and oxygen atoms in total. The van der Waals surface area contributed by atoms with Gasteiger partial charge < -0.3 is 12.0 Å². The van der Waals surface area contributed by atoms with E-state index < -0.39 is 0 Å². The molecule has 69 valence electrons. The van der Waals surface area contributed by atoms with Crippen LogP contribution in [-0.4, -0.2) is 11.7 Å². The normalized spacial score (nSPS) is 7.64. The van der Waals surface area contributed by atoms with Crippen LogP contribution in [0.5, 0.6) is 0 Å². The number of hydrogen-bond donors (Lipinski definition) is 1. The van der Waals surface area contributed by atoms with Gasteiger partial charge in [0.25, 0.3) is 0 Å². The molecule has 0 heterocycles. The topological polar surface area (TPSA) is 20.2 Å². The maximum Gasteiger partial charge on any atom is 0.0430 e. The molecular weight excluding hydrogens is 305 g/mol. The SMILES string of the molecule is CCCCO.[CH2-]CCCC.[Ta]. The molecule has 0 bridgehead atoms. The Kier molecular flexibility index (Phi) is 36.1. The summed E-state index contributed by atoms with van der Waals surface area (Å²) in [5.74, 6) is 0. The summed E-state index contributed by atoms with van der Waals surface area (Å²) in [7, 11) is 0. The van der Waals surface area contributed by atoms with E-state index in [4.69, 9.17) is 5.11 Å². The number of unbranched alkanes of at least 4 members (excludes halogenated alkanes) is 3. The molecule has 0 aromatic rings. The predicted octanol–water partition coefficient (Wildman–Crippen LogP) is 2.79. The van der Waals surface area contributed by atoms with Crippen molar-refractivity contribution in [2.24, 2.45) is 0 Å². The second-order valence-corrected chi connectivity index (χ2v) is 2.28. The molecule has 0 spiro atoms. The number of hydrogen-bond acceptors (Lipinski definition) is 1. The predicted molar refractivity (Wildman–Crippen MR) is 46.9 cm³/mol. The van der Waals surface area contributed by atoms with Crippen molar-refractivity contribution in [2.75, 3.05) is 6.61 Å². The Labute approximate surface area is 87.1 Å². The summed E-state index contributed by atoms with van der Waals surface area (Å²) >= 11 is 0. The molecule has 0 atom stereocenters. The van der Waals surface area contributed by atoms with Crippen LogP contribution >= 0.6 is 0 Å². The van der Waals surface area contributed by atoms with Crippen molar-refractivity contribution in [3.8, 4) is 0 Å². The summed E-state index contributed by atoms with van der Waals surface area (Å²) in [5.41, 5.74) is 0. The van der Waals surface area contributed by atoms with Crippen molar-refractivity contribution in [1.82, 2.24) is 0 Å². The van der Waals surface area contributed by atoms with Gasteiger partial charge in [0.1, 0.15) is 0 Å². The van der Waals surface area contributed by atoms with Gasteiger partial charge in [-0.1, -0.05) is 33.1 Å². The Bertz CT molecular complexity index is 30.5. The third-order valence-electron chi connectivity index (χ3n) is 1.12. The molecule has 0 aromatic heterocycles. The molecule has 1 radical (unpaired) electrons. The molecule has 0 fully saturated rings. The molecule has 2 heteroatoms. The van der Waals surface area contributed by atoms with Crippen molar-refractivity contribution in [3.63, 3.8) is 0 Å². The molecule has 0 unspecified atom stereocenters. The Morgan fingerprint density at radius 1 is 1.09 bits per heavy atom. The Morgan fingerprint density at radius 3 is 1.55 bits per heavy atom. The van der Waals surface area contributed by atoms with Crippen molar-refractivity contribution in [2.45, 2.75) is 46.0 Å². The smallest absolute Gasteiger partial charge is 0.0430 e. The summed E-state index contributed by atoms with van der Waals surface area (Å²) in [5, 5.41) is 8.07. The molecular formula is C9H21OTa-. The summed E-state index contributed by atoms with van der Waals surface area (Å²) in [6.45, 7) is 8.24. The Balaban J connectivity index is -0.000000107. The van der Waals surface area contributed by atoms with Gasteiger partial charge in [-0.3, -0.25) is 0 Å². The van der Waals surface area contributed by atoms with Crippen LogP contribution in [0, 0.1) is 6.92 Å². The van der Waals surface area contributed by atoms with Gasteiger partial charge in [0, 0.05) is 29.0 Å². The minimum atomic E-state index is 0. The Hall–Kier alpha value is 0.700. The average Bonchev–Trinajstić information content (AvgIpc) is 1.93. The zero-order valence-corrected chi connectivity index (χ0v) is 11.1. The van der Waals surface area contributed by atoms with Gasteiger partial charge in [-0.05, 0) is 6.42 Å². The van der Waals surface area contributed by atoms with E-state index in [1.54, 1.807) is 0 Å². The molecule has 11 heavy (non-hydrogen) atoms. The van der Waals surface area contributed by atoms with Gasteiger partial charge in [-0.15, -0.1) is 0 Å². The maximum absolute atomic E-state index is 8.07. The second-order valence-electron chi connectivity index (χ2n) is 2.28. The van der Waals surface area contributed by atoms with E-state index in [0.717, 1.165) is 19.3 Å². The molecule has 0 amide bonds. The standard InChI is InChI=1S/C5H11.C4H10O.Ta/c1-3-5-4-2;1-2-3-4-5;/h1,3-5H2,2H3;5H,2-4H2,1H3;/q-1;;. The quantitative estimate of drug-likeness (QED) is 0.788. The van der Waals surface area contributed by atoms with Gasteiger partial charge in [-0.25, -0.2) is 0 Å². The zero-order chi connectivity index (χ0) is 8.24. The van der Waals surface area contributed by atoms with E-state index in [2.05, 4.69) is 20.8 Å². The van der Waals surface area contributed by atoms with Crippen LogP contribution in [0.15, 0.2) is 0 Å². The minimum Gasteiger partial charge on any atom is -0.396 e. The van der Waals surface area contributed by atoms with E-state index >= 15 is 0 Å². The molecule has 0 aliphatic carbocycles. The van der Waals surface area contributed by atoms with E-state index in [9.17, 15) is 0 Å². The van der Waals surface area contributed by atoms with Gasteiger partial charge in [-0.2, -0.15) is 6.42 Å². The van der Waals surface area contributed by atoms with Crippen LogP contribution in [0.25, 0.3) is 0 Å². The molecule has 0 aliphatic heterocycles. The zero-order valence-electron chi connectivity index (χ0n) is 7.84. The number of aliphatic hydroxyl groups excluding tert-OH is 1. The van der Waals surface area contributed by atoms with Crippen molar-refractivity contribution >= 4 is 0 Å². The summed E-state index contributed by atoms with van der Waals surface area (Å²) in [6, 6.07) is 0. The first-order chi connectivity index (χ1) is 4.83. The monoisotopic (exact) mass is 326 g/mol. The average molecular weight is 326 g/mol. The van der Waals surface area contributed by atoms with E-state index in [0.29, 0.717) is 6.61 Å². The molecule has 0 aliphatic rings. The number of rotatable bonds is 4. The van der Waals surface area contributed by atoms with Crippen LogP contribution in [-0.2, 0) is 22.4 Å². The maximum atomic E-state index is 8.07. The summed E-state index contributed by atoms with van der Waals surface area (Å²) < 4.78 is 0. The van der Waals surface area contributed by atoms with Gasteiger partial charge in [0.05, 0.1) is 0 Å². The first-order valence-electron chi connectivity index (χ1n) is 4.23. The fourth-order valence-corrected chi connectivity index (χ4v) is 0.408. The van der Waals surface area contributed by atoms with Gasteiger partial charge in [0.2, 0.25) is 0 Å². The van der Waals surface area contributed by atoms with Crippen LogP contribution in [0.1, 0.15) is 46.0 Å². The molecule has 0 saturated heterocycles. The van der Waals surface area contributed by atoms with E-state index in [-0.39, 0.29) is 22.4 Å². The fraction of sp³-hybridized carbons (Fsp3) is 0.889. The second kappa shape index (κ2) is 22.4. The molecule has 1 N–H and O–H groups in total. The minimum absolute atomic E-state index is 0. The summed E-state index contributed by atoms with van der Waals surface area (Å²) in [6.07, 6.45) is 5.69. The van der Waals surface area contributed by atoms with Crippen LogP contribution < -0.4 is 0 Å².